The number of hydrogen-bond donors (Lipinski definition) is 1. The van der Waals surface area contributed by atoms with Gasteiger partial charge in [-0.05, 0) is 68.1 Å². The maximum Gasteiger partial charge on any atom is 0.235 e. The zero-order chi connectivity index (χ0) is 18.6. The molecule has 0 saturated heterocycles. The largest absolute Gasteiger partial charge is 0.497 e. The minimum absolute atomic E-state index is 0.0729. The second-order valence-electron chi connectivity index (χ2n) is 6.89. The molecule has 1 aliphatic rings. The molecule has 0 heterocycles. The highest BCUT2D eigenvalue weighted by atomic mass is 16.5. The highest BCUT2D eigenvalue weighted by Gasteiger charge is 2.42. The Hall–Kier alpha value is -2.49. The zero-order valence-corrected chi connectivity index (χ0v) is 15.8. The summed E-state index contributed by atoms with van der Waals surface area (Å²) in [7, 11) is 1.65. The van der Waals surface area contributed by atoms with E-state index < -0.39 is 5.41 Å². The Morgan fingerprint density at radius 3 is 2.38 bits per heavy atom. The van der Waals surface area contributed by atoms with E-state index in [4.69, 9.17) is 9.47 Å². The van der Waals surface area contributed by atoms with Crippen molar-refractivity contribution in [3.05, 3.63) is 53.6 Å². The summed E-state index contributed by atoms with van der Waals surface area (Å²) in [5.41, 5.74) is 2.44. The Labute approximate surface area is 155 Å². The number of amides is 1. The molecule has 1 saturated carbocycles. The van der Waals surface area contributed by atoms with Crippen molar-refractivity contribution >= 4 is 11.6 Å². The first-order valence-corrected chi connectivity index (χ1v) is 9.28. The summed E-state index contributed by atoms with van der Waals surface area (Å²) in [5.74, 6) is 1.74. The van der Waals surface area contributed by atoms with E-state index in [1.807, 2.05) is 56.3 Å². The van der Waals surface area contributed by atoms with Crippen molar-refractivity contribution < 1.29 is 14.3 Å². The number of methoxy groups -OCH3 is 1. The summed E-state index contributed by atoms with van der Waals surface area (Å²) in [4.78, 5) is 13.2. The van der Waals surface area contributed by atoms with Crippen molar-refractivity contribution in [2.24, 2.45) is 0 Å². The molecule has 2 aromatic rings. The monoisotopic (exact) mass is 353 g/mol. The van der Waals surface area contributed by atoms with E-state index in [-0.39, 0.29) is 5.91 Å². The van der Waals surface area contributed by atoms with Gasteiger partial charge in [0, 0.05) is 5.69 Å². The first kappa shape index (κ1) is 18.3. The number of carbonyl (C=O) groups excluding carboxylic acids is 1. The Balaban J connectivity index is 1.84. The molecule has 3 rings (SSSR count). The van der Waals surface area contributed by atoms with Gasteiger partial charge in [-0.3, -0.25) is 4.79 Å². The van der Waals surface area contributed by atoms with E-state index in [0.717, 1.165) is 54.0 Å². The van der Waals surface area contributed by atoms with Gasteiger partial charge in [0.1, 0.15) is 11.5 Å². The third kappa shape index (κ3) is 3.55. The predicted molar refractivity (Wildman–Crippen MR) is 104 cm³/mol. The molecule has 4 heteroatoms. The van der Waals surface area contributed by atoms with Crippen LogP contribution in [0, 0.1) is 6.92 Å². The molecule has 0 aromatic heterocycles. The Kier molecular flexibility index (Phi) is 5.50. The molecule has 1 N–H and O–H groups in total. The van der Waals surface area contributed by atoms with Gasteiger partial charge in [0.2, 0.25) is 5.91 Å². The number of benzene rings is 2. The lowest BCUT2D eigenvalue weighted by Crippen LogP contribution is -2.38. The number of rotatable bonds is 6. The van der Waals surface area contributed by atoms with Gasteiger partial charge in [-0.25, -0.2) is 0 Å². The lowest BCUT2D eigenvalue weighted by Gasteiger charge is -2.28. The Bertz CT molecular complexity index is 761. The van der Waals surface area contributed by atoms with E-state index in [9.17, 15) is 4.79 Å². The minimum atomic E-state index is -0.460. The maximum atomic E-state index is 13.2. The fourth-order valence-electron chi connectivity index (χ4n) is 3.83. The molecule has 0 atom stereocenters. The van der Waals surface area contributed by atoms with E-state index in [1.54, 1.807) is 7.11 Å². The summed E-state index contributed by atoms with van der Waals surface area (Å²) in [6.45, 7) is 4.59. The average molecular weight is 353 g/mol. The summed E-state index contributed by atoms with van der Waals surface area (Å²) < 4.78 is 10.8. The maximum absolute atomic E-state index is 13.2. The normalized spacial score (nSPS) is 15.5. The van der Waals surface area contributed by atoms with Gasteiger partial charge in [-0.1, -0.05) is 25.0 Å². The van der Waals surface area contributed by atoms with Crippen molar-refractivity contribution in [3.8, 4) is 11.5 Å². The Morgan fingerprint density at radius 1 is 1.12 bits per heavy atom. The lowest BCUT2D eigenvalue weighted by atomic mass is 9.78. The molecule has 0 aliphatic heterocycles. The van der Waals surface area contributed by atoms with E-state index in [2.05, 4.69) is 5.32 Å². The Morgan fingerprint density at radius 2 is 1.81 bits per heavy atom. The van der Waals surface area contributed by atoms with Crippen molar-refractivity contribution in [1.82, 2.24) is 0 Å². The molecule has 1 aliphatic carbocycles. The second kappa shape index (κ2) is 7.81. The second-order valence-corrected chi connectivity index (χ2v) is 6.89. The van der Waals surface area contributed by atoms with Crippen LogP contribution in [-0.4, -0.2) is 19.6 Å². The average Bonchev–Trinajstić information content (AvgIpc) is 3.15. The summed E-state index contributed by atoms with van der Waals surface area (Å²) in [6, 6.07) is 13.7. The van der Waals surface area contributed by atoms with Crippen LogP contribution in [-0.2, 0) is 10.2 Å². The molecule has 0 unspecified atom stereocenters. The molecule has 1 amide bonds. The molecule has 26 heavy (non-hydrogen) atoms. The summed E-state index contributed by atoms with van der Waals surface area (Å²) in [5, 5.41) is 3.14. The van der Waals surface area contributed by atoms with Crippen molar-refractivity contribution in [1.29, 1.82) is 0 Å². The van der Waals surface area contributed by atoms with Crippen molar-refractivity contribution in [2.45, 2.75) is 44.9 Å². The minimum Gasteiger partial charge on any atom is -0.497 e. The fourth-order valence-corrected chi connectivity index (χ4v) is 3.83. The smallest absolute Gasteiger partial charge is 0.235 e. The number of carbonyl (C=O) groups is 1. The standard InChI is InChI=1S/C22H27NO3/c1-4-26-20-12-9-18(15-16(20)2)23-21(24)22(13-5-6-14-22)17-7-10-19(25-3)11-8-17/h7-12,15H,4-6,13-14H2,1-3H3,(H,23,24). The number of hydrogen-bond acceptors (Lipinski definition) is 3. The van der Waals surface area contributed by atoms with E-state index >= 15 is 0 Å². The molecule has 0 bridgehead atoms. The van der Waals surface area contributed by atoms with Crippen LogP contribution >= 0.6 is 0 Å². The van der Waals surface area contributed by atoms with Crippen molar-refractivity contribution in [3.63, 3.8) is 0 Å². The zero-order valence-electron chi connectivity index (χ0n) is 15.8. The van der Waals surface area contributed by atoms with Crippen LogP contribution in [0.4, 0.5) is 5.69 Å². The number of nitrogens with one attached hydrogen (secondary N) is 1. The van der Waals surface area contributed by atoms with Crippen LogP contribution in [0.5, 0.6) is 11.5 Å². The van der Waals surface area contributed by atoms with Crippen LogP contribution in [0.1, 0.15) is 43.7 Å². The van der Waals surface area contributed by atoms with Crippen LogP contribution in [0.3, 0.4) is 0 Å². The van der Waals surface area contributed by atoms with Crippen LogP contribution in [0.15, 0.2) is 42.5 Å². The fraction of sp³-hybridized carbons (Fsp3) is 0.409. The van der Waals surface area contributed by atoms with Gasteiger partial charge in [-0.2, -0.15) is 0 Å². The molecule has 0 spiro atoms. The molecule has 138 valence electrons. The topological polar surface area (TPSA) is 47.6 Å². The summed E-state index contributed by atoms with van der Waals surface area (Å²) in [6.07, 6.45) is 3.89. The molecular weight excluding hydrogens is 326 g/mol. The first-order valence-electron chi connectivity index (χ1n) is 9.28. The van der Waals surface area contributed by atoms with Gasteiger partial charge in [0.25, 0.3) is 0 Å². The van der Waals surface area contributed by atoms with Gasteiger partial charge in [-0.15, -0.1) is 0 Å². The molecule has 2 aromatic carbocycles. The first-order chi connectivity index (χ1) is 12.6. The molecule has 1 fully saturated rings. The van der Waals surface area contributed by atoms with Crippen LogP contribution < -0.4 is 14.8 Å². The molecule has 4 nitrogen and oxygen atoms in total. The lowest BCUT2D eigenvalue weighted by molar-refractivity contribution is -0.121. The van der Waals surface area contributed by atoms with Crippen LogP contribution in [0.2, 0.25) is 0 Å². The van der Waals surface area contributed by atoms with Gasteiger partial charge < -0.3 is 14.8 Å². The van der Waals surface area contributed by atoms with E-state index in [0.29, 0.717) is 6.61 Å². The third-order valence-corrected chi connectivity index (χ3v) is 5.27. The quantitative estimate of drug-likeness (QED) is 0.807. The third-order valence-electron chi connectivity index (χ3n) is 5.27. The van der Waals surface area contributed by atoms with Crippen molar-refractivity contribution in [2.75, 3.05) is 19.0 Å². The SMILES string of the molecule is CCOc1ccc(NC(=O)C2(c3ccc(OC)cc3)CCCC2)cc1C. The number of ether oxygens (including phenoxy) is 2. The number of anilines is 1. The molecule has 0 radical (unpaired) electrons. The molecular formula is C22H27NO3. The highest BCUT2D eigenvalue weighted by molar-refractivity contribution is 5.99. The van der Waals surface area contributed by atoms with Gasteiger partial charge in [0.05, 0.1) is 19.1 Å². The van der Waals surface area contributed by atoms with Gasteiger partial charge >= 0.3 is 0 Å². The van der Waals surface area contributed by atoms with Crippen LogP contribution in [0.25, 0.3) is 0 Å². The summed E-state index contributed by atoms with van der Waals surface area (Å²) >= 11 is 0. The van der Waals surface area contributed by atoms with Gasteiger partial charge in [0.15, 0.2) is 0 Å². The van der Waals surface area contributed by atoms with E-state index in [1.165, 1.54) is 0 Å². The highest BCUT2D eigenvalue weighted by Crippen LogP contribution is 2.42. The predicted octanol–water partition coefficient (Wildman–Crippen LogP) is 4.85. The number of aryl methyl sites for hydroxylation is 1.